The molecule has 0 radical (unpaired) electrons. The van der Waals surface area contributed by atoms with Gasteiger partial charge < -0.3 is 10.0 Å². The molecule has 1 N–H and O–H groups in total. The van der Waals surface area contributed by atoms with Crippen molar-refractivity contribution in [1.29, 1.82) is 0 Å². The Morgan fingerprint density at radius 3 is 2.58 bits per heavy atom. The monoisotopic (exact) mass is 331 g/mol. The van der Waals surface area contributed by atoms with Gasteiger partial charge in [-0.15, -0.1) is 0 Å². The topological polar surface area (TPSA) is 58.4 Å². The number of hydrogen-bond acceptors (Lipinski definition) is 3. The van der Waals surface area contributed by atoms with Gasteiger partial charge in [-0.2, -0.15) is 5.10 Å². The minimum Gasteiger partial charge on any atom is -0.388 e. The van der Waals surface area contributed by atoms with Gasteiger partial charge in [0.05, 0.1) is 12.3 Å². The second-order valence-electron chi connectivity index (χ2n) is 6.43. The summed E-state index contributed by atoms with van der Waals surface area (Å²) in [5, 5.41) is 14.6. The summed E-state index contributed by atoms with van der Waals surface area (Å²) in [7, 11) is 0. The van der Waals surface area contributed by atoms with Crippen molar-refractivity contribution < 1.29 is 14.3 Å². The van der Waals surface area contributed by atoms with Gasteiger partial charge in [-0.1, -0.05) is 12.1 Å². The van der Waals surface area contributed by atoms with E-state index in [0.717, 1.165) is 24.0 Å². The predicted molar refractivity (Wildman–Crippen MR) is 87.6 cm³/mol. The molecule has 5 nitrogen and oxygen atoms in total. The Labute approximate surface area is 140 Å². The van der Waals surface area contributed by atoms with E-state index in [1.165, 1.54) is 12.1 Å². The number of halogens is 1. The van der Waals surface area contributed by atoms with E-state index in [0.29, 0.717) is 13.1 Å². The first-order chi connectivity index (χ1) is 11.5. The van der Waals surface area contributed by atoms with Crippen LogP contribution in [-0.2, 0) is 11.3 Å². The lowest BCUT2D eigenvalue weighted by atomic mass is 9.87. The number of piperidine rings is 1. The molecule has 2 heterocycles. The van der Waals surface area contributed by atoms with E-state index >= 15 is 0 Å². The van der Waals surface area contributed by atoms with Crippen molar-refractivity contribution >= 4 is 5.91 Å². The molecule has 1 fully saturated rings. The first-order valence-corrected chi connectivity index (χ1v) is 8.23. The number of benzene rings is 1. The number of rotatable bonds is 4. The highest BCUT2D eigenvalue weighted by Crippen LogP contribution is 2.30. The van der Waals surface area contributed by atoms with Crippen molar-refractivity contribution in [3.63, 3.8) is 0 Å². The van der Waals surface area contributed by atoms with E-state index in [1.807, 2.05) is 18.0 Å². The highest BCUT2D eigenvalue weighted by atomic mass is 19.1. The predicted octanol–water partition coefficient (Wildman–Crippen LogP) is 2.30. The van der Waals surface area contributed by atoms with Crippen LogP contribution in [0.15, 0.2) is 36.7 Å². The Kier molecular flexibility index (Phi) is 4.94. The van der Waals surface area contributed by atoms with Gasteiger partial charge in [0.25, 0.3) is 0 Å². The average molecular weight is 331 g/mol. The number of amides is 1. The largest absolute Gasteiger partial charge is 0.388 e. The molecule has 24 heavy (non-hydrogen) atoms. The van der Waals surface area contributed by atoms with Gasteiger partial charge in [-0.05, 0) is 48.9 Å². The van der Waals surface area contributed by atoms with Gasteiger partial charge in [0.2, 0.25) is 5.91 Å². The maximum Gasteiger partial charge on any atom is 0.244 e. The molecule has 1 aromatic heterocycles. The smallest absolute Gasteiger partial charge is 0.244 e. The molecule has 1 aliphatic rings. The number of aliphatic hydroxyl groups excluding tert-OH is 1. The fourth-order valence-electron chi connectivity index (χ4n) is 3.19. The van der Waals surface area contributed by atoms with Crippen LogP contribution < -0.4 is 0 Å². The molecule has 6 heteroatoms. The molecule has 0 spiro atoms. The summed E-state index contributed by atoms with van der Waals surface area (Å²) in [6.07, 6.45) is 4.45. The van der Waals surface area contributed by atoms with Crippen molar-refractivity contribution in [2.24, 2.45) is 5.92 Å². The standard InChI is InChI=1S/C18H22FN3O2/c1-13-10-20-22(11-13)12-17(23)21-8-6-15(7-9-21)18(24)14-2-4-16(19)5-3-14/h2-5,10-11,15,18,24H,6-9,12H2,1H3. The zero-order valence-corrected chi connectivity index (χ0v) is 13.7. The molecule has 1 amide bonds. The summed E-state index contributed by atoms with van der Waals surface area (Å²) in [5.41, 5.74) is 1.76. The maximum absolute atomic E-state index is 13.0. The van der Waals surface area contributed by atoms with E-state index in [2.05, 4.69) is 5.10 Å². The molecular weight excluding hydrogens is 309 g/mol. The third kappa shape index (κ3) is 3.82. The average Bonchev–Trinajstić information content (AvgIpc) is 3.00. The zero-order valence-electron chi connectivity index (χ0n) is 13.7. The zero-order chi connectivity index (χ0) is 17.1. The Balaban J connectivity index is 1.53. The van der Waals surface area contributed by atoms with Crippen molar-refractivity contribution in [2.75, 3.05) is 13.1 Å². The van der Waals surface area contributed by atoms with Crippen LogP contribution in [0.25, 0.3) is 0 Å². The second-order valence-corrected chi connectivity index (χ2v) is 6.43. The number of likely N-dealkylation sites (tertiary alicyclic amines) is 1. The summed E-state index contributed by atoms with van der Waals surface area (Å²) < 4.78 is 14.6. The Morgan fingerprint density at radius 1 is 1.33 bits per heavy atom. The summed E-state index contributed by atoms with van der Waals surface area (Å²) in [6.45, 7) is 3.44. The fraction of sp³-hybridized carbons (Fsp3) is 0.444. The van der Waals surface area contributed by atoms with Crippen LogP contribution in [0.4, 0.5) is 4.39 Å². The number of aliphatic hydroxyl groups is 1. The molecule has 3 rings (SSSR count). The van der Waals surface area contributed by atoms with E-state index in [9.17, 15) is 14.3 Å². The fourth-order valence-corrected chi connectivity index (χ4v) is 3.19. The Morgan fingerprint density at radius 2 is 2.00 bits per heavy atom. The SMILES string of the molecule is Cc1cnn(CC(=O)N2CCC(C(O)c3ccc(F)cc3)CC2)c1. The summed E-state index contributed by atoms with van der Waals surface area (Å²) >= 11 is 0. The Bertz CT molecular complexity index is 691. The van der Waals surface area contributed by atoms with Crippen LogP contribution in [0, 0.1) is 18.7 Å². The van der Waals surface area contributed by atoms with Gasteiger partial charge in [-0.3, -0.25) is 9.48 Å². The van der Waals surface area contributed by atoms with Gasteiger partial charge in [0.15, 0.2) is 0 Å². The molecule has 0 aliphatic carbocycles. The summed E-state index contributed by atoms with van der Waals surface area (Å²) in [6, 6.07) is 5.97. The van der Waals surface area contributed by atoms with Crippen molar-refractivity contribution in [3.05, 3.63) is 53.6 Å². The number of carbonyl (C=O) groups excluding carboxylic acids is 1. The molecule has 1 saturated heterocycles. The van der Waals surface area contributed by atoms with E-state index in [-0.39, 0.29) is 24.2 Å². The number of aromatic nitrogens is 2. The van der Waals surface area contributed by atoms with E-state index in [4.69, 9.17) is 0 Å². The summed E-state index contributed by atoms with van der Waals surface area (Å²) in [4.78, 5) is 14.1. The quantitative estimate of drug-likeness (QED) is 0.935. The lowest BCUT2D eigenvalue weighted by Gasteiger charge is -2.34. The molecule has 1 atom stereocenters. The third-order valence-electron chi connectivity index (χ3n) is 4.61. The molecule has 1 aromatic carbocycles. The van der Waals surface area contributed by atoms with E-state index in [1.54, 1.807) is 23.0 Å². The van der Waals surface area contributed by atoms with Gasteiger partial charge in [0, 0.05) is 19.3 Å². The van der Waals surface area contributed by atoms with Crippen molar-refractivity contribution in [1.82, 2.24) is 14.7 Å². The van der Waals surface area contributed by atoms with Crippen LogP contribution in [-0.4, -0.2) is 38.8 Å². The van der Waals surface area contributed by atoms with Crippen LogP contribution in [0.3, 0.4) is 0 Å². The van der Waals surface area contributed by atoms with Gasteiger partial charge in [0.1, 0.15) is 12.4 Å². The number of carbonyl (C=O) groups is 1. The highest BCUT2D eigenvalue weighted by molar-refractivity contribution is 5.76. The third-order valence-corrected chi connectivity index (χ3v) is 4.61. The molecule has 1 aliphatic heterocycles. The lowest BCUT2D eigenvalue weighted by molar-refractivity contribution is -0.134. The number of aryl methyl sites for hydroxylation is 1. The van der Waals surface area contributed by atoms with Crippen molar-refractivity contribution in [3.8, 4) is 0 Å². The van der Waals surface area contributed by atoms with E-state index < -0.39 is 6.10 Å². The molecule has 0 bridgehead atoms. The summed E-state index contributed by atoms with van der Waals surface area (Å²) in [5.74, 6) is -0.167. The van der Waals surface area contributed by atoms with Crippen molar-refractivity contribution in [2.45, 2.75) is 32.4 Å². The van der Waals surface area contributed by atoms with Crippen LogP contribution in [0.2, 0.25) is 0 Å². The lowest BCUT2D eigenvalue weighted by Crippen LogP contribution is -2.41. The second kappa shape index (κ2) is 7.13. The maximum atomic E-state index is 13.0. The number of nitrogens with zero attached hydrogens (tertiary/aromatic N) is 3. The van der Waals surface area contributed by atoms with Crippen LogP contribution in [0.1, 0.15) is 30.1 Å². The highest BCUT2D eigenvalue weighted by Gasteiger charge is 2.28. The van der Waals surface area contributed by atoms with Crippen LogP contribution >= 0.6 is 0 Å². The first kappa shape index (κ1) is 16.6. The molecule has 0 saturated carbocycles. The van der Waals surface area contributed by atoms with Gasteiger partial charge in [-0.25, -0.2) is 4.39 Å². The molecule has 2 aromatic rings. The van der Waals surface area contributed by atoms with Crippen LogP contribution in [0.5, 0.6) is 0 Å². The minimum absolute atomic E-state index is 0.0489. The molecular formula is C18H22FN3O2. The Hall–Kier alpha value is -2.21. The normalized spacial score (nSPS) is 17.0. The van der Waals surface area contributed by atoms with Gasteiger partial charge >= 0.3 is 0 Å². The molecule has 1 unspecified atom stereocenters. The minimum atomic E-state index is -0.614. The number of hydrogen-bond donors (Lipinski definition) is 1. The first-order valence-electron chi connectivity index (χ1n) is 8.23. The molecule has 128 valence electrons.